The minimum atomic E-state index is -0.276. The molecular weight excluding hydrogens is 417 g/mol. The van der Waals surface area contributed by atoms with Gasteiger partial charge in [-0.3, -0.25) is 14.6 Å². The number of carbonyl (C=O) groups is 2. The largest absolute Gasteiger partial charge is 0.342 e. The molecule has 1 aromatic heterocycles. The van der Waals surface area contributed by atoms with E-state index in [9.17, 15) is 14.0 Å². The second-order valence-corrected chi connectivity index (χ2v) is 8.88. The zero-order valence-electron chi connectivity index (χ0n) is 18.3. The molecule has 5 nitrogen and oxygen atoms in total. The summed E-state index contributed by atoms with van der Waals surface area (Å²) in [6.07, 6.45) is 4.48. The van der Waals surface area contributed by atoms with Gasteiger partial charge in [0, 0.05) is 55.5 Å². The summed E-state index contributed by atoms with van der Waals surface area (Å²) in [5.41, 5.74) is 2.58. The fraction of sp³-hybridized carbons (Fsp3) is 0.296. The van der Waals surface area contributed by atoms with Crippen LogP contribution in [0.1, 0.15) is 33.8 Å². The van der Waals surface area contributed by atoms with E-state index in [-0.39, 0.29) is 35.5 Å². The number of fused-ring (bicyclic) bond motifs is 1. The lowest BCUT2D eigenvalue weighted by Crippen LogP contribution is -2.50. The van der Waals surface area contributed by atoms with E-state index >= 15 is 0 Å². The summed E-state index contributed by atoms with van der Waals surface area (Å²) in [5, 5.41) is 0. The standard InChI is InChI=1S/C27H26FN3O2/c28-22-10-8-20(9-11-22)23-18-31(27(33)21-6-2-1-3-7-21)25-12-14-30(17-24(23)25)26(32)15-19-5-4-13-29-16-19/h1-11,13,16,23-25H,12,14-15,17-18H2/t23-,24-,25-/m0/s1. The lowest BCUT2D eigenvalue weighted by Gasteiger charge is -2.39. The first-order valence-electron chi connectivity index (χ1n) is 11.4. The topological polar surface area (TPSA) is 53.5 Å². The van der Waals surface area contributed by atoms with Crippen LogP contribution in [0.3, 0.4) is 0 Å². The number of likely N-dealkylation sites (tertiary alicyclic amines) is 2. The van der Waals surface area contributed by atoms with Gasteiger partial charge < -0.3 is 9.80 Å². The third-order valence-corrected chi connectivity index (χ3v) is 6.94. The summed E-state index contributed by atoms with van der Waals surface area (Å²) >= 11 is 0. The molecule has 2 fully saturated rings. The van der Waals surface area contributed by atoms with E-state index in [1.54, 1.807) is 12.4 Å². The van der Waals surface area contributed by atoms with Crippen molar-refractivity contribution in [2.75, 3.05) is 19.6 Å². The summed E-state index contributed by atoms with van der Waals surface area (Å²) < 4.78 is 13.6. The first-order valence-corrected chi connectivity index (χ1v) is 11.4. The molecule has 0 unspecified atom stereocenters. The number of benzene rings is 2. The number of carbonyl (C=O) groups excluding carboxylic acids is 2. The predicted molar refractivity (Wildman–Crippen MR) is 123 cm³/mol. The molecule has 3 aromatic rings. The molecule has 0 N–H and O–H groups in total. The van der Waals surface area contributed by atoms with Gasteiger partial charge in [0.25, 0.3) is 5.91 Å². The Kier molecular flexibility index (Phi) is 5.90. The van der Waals surface area contributed by atoms with Crippen LogP contribution in [0.2, 0.25) is 0 Å². The fourth-order valence-corrected chi connectivity index (χ4v) is 5.29. The molecule has 2 aliphatic rings. The molecule has 0 saturated carbocycles. The molecular formula is C27H26FN3O2. The Morgan fingerprint density at radius 3 is 2.48 bits per heavy atom. The van der Waals surface area contributed by atoms with Gasteiger partial charge in [-0.2, -0.15) is 0 Å². The lowest BCUT2D eigenvalue weighted by atomic mass is 9.81. The van der Waals surface area contributed by atoms with Crippen LogP contribution in [0.25, 0.3) is 0 Å². The number of hydrogen-bond donors (Lipinski definition) is 0. The highest BCUT2D eigenvalue weighted by Gasteiger charge is 2.47. The van der Waals surface area contributed by atoms with Crippen LogP contribution in [-0.2, 0) is 11.2 Å². The third kappa shape index (κ3) is 4.38. The van der Waals surface area contributed by atoms with Crippen molar-refractivity contribution in [3.63, 3.8) is 0 Å². The normalized spacial score (nSPS) is 22.2. The van der Waals surface area contributed by atoms with Crippen molar-refractivity contribution < 1.29 is 14.0 Å². The van der Waals surface area contributed by atoms with Crippen LogP contribution in [0, 0.1) is 11.7 Å². The highest BCUT2D eigenvalue weighted by Crippen LogP contribution is 2.42. The van der Waals surface area contributed by atoms with Crippen molar-refractivity contribution in [3.8, 4) is 0 Å². The number of aromatic nitrogens is 1. The summed E-state index contributed by atoms with van der Waals surface area (Å²) in [4.78, 5) is 34.4. The highest BCUT2D eigenvalue weighted by atomic mass is 19.1. The average Bonchev–Trinajstić information content (AvgIpc) is 3.24. The number of pyridine rings is 1. The van der Waals surface area contributed by atoms with E-state index in [1.807, 2.05) is 64.4 Å². The molecule has 3 atom stereocenters. The smallest absolute Gasteiger partial charge is 0.254 e. The maximum atomic E-state index is 13.6. The van der Waals surface area contributed by atoms with Crippen LogP contribution in [0.15, 0.2) is 79.1 Å². The fourth-order valence-electron chi connectivity index (χ4n) is 5.29. The van der Waals surface area contributed by atoms with Crippen molar-refractivity contribution in [3.05, 3.63) is 102 Å². The van der Waals surface area contributed by atoms with Crippen molar-refractivity contribution in [2.45, 2.75) is 24.8 Å². The van der Waals surface area contributed by atoms with Gasteiger partial charge in [0.15, 0.2) is 0 Å². The maximum Gasteiger partial charge on any atom is 0.254 e. The van der Waals surface area contributed by atoms with Crippen LogP contribution < -0.4 is 0 Å². The second-order valence-electron chi connectivity index (χ2n) is 8.88. The first kappa shape index (κ1) is 21.3. The maximum absolute atomic E-state index is 13.6. The molecule has 0 aliphatic carbocycles. The summed E-state index contributed by atoms with van der Waals surface area (Å²) in [7, 11) is 0. The van der Waals surface area contributed by atoms with Gasteiger partial charge in [0.2, 0.25) is 5.91 Å². The minimum absolute atomic E-state index is 0.0188. The van der Waals surface area contributed by atoms with E-state index in [0.717, 1.165) is 17.5 Å². The van der Waals surface area contributed by atoms with Gasteiger partial charge in [-0.1, -0.05) is 36.4 Å². The quantitative estimate of drug-likeness (QED) is 0.614. The SMILES string of the molecule is O=C(Cc1cccnc1)N1CC[C@H]2[C@@H](C1)[C@H](c1ccc(F)cc1)CN2C(=O)c1ccccc1. The Hall–Kier alpha value is -3.54. The van der Waals surface area contributed by atoms with Crippen LogP contribution in [0.5, 0.6) is 0 Å². The Balaban J connectivity index is 1.40. The van der Waals surface area contributed by atoms with E-state index in [2.05, 4.69) is 4.98 Å². The summed E-state index contributed by atoms with van der Waals surface area (Å²) in [5.74, 6) is -0.0214. The summed E-state index contributed by atoms with van der Waals surface area (Å²) in [6, 6.07) is 19.7. The van der Waals surface area contributed by atoms with Crippen LogP contribution in [0.4, 0.5) is 4.39 Å². The predicted octanol–water partition coefficient (Wildman–Crippen LogP) is 3.92. The molecule has 2 aromatic carbocycles. The van der Waals surface area contributed by atoms with E-state index < -0.39 is 0 Å². The molecule has 168 valence electrons. The molecule has 33 heavy (non-hydrogen) atoms. The Bertz CT molecular complexity index is 1120. The molecule has 5 rings (SSSR count). The third-order valence-electron chi connectivity index (χ3n) is 6.94. The number of piperidine rings is 1. The zero-order chi connectivity index (χ0) is 22.8. The van der Waals surface area contributed by atoms with Gasteiger partial charge in [0.05, 0.1) is 6.42 Å². The monoisotopic (exact) mass is 443 g/mol. The number of nitrogens with zero attached hydrogens (tertiary/aromatic N) is 3. The average molecular weight is 444 g/mol. The lowest BCUT2D eigenvalue weighted by molar-refractivity contribution is -0.132. The number of hydrogen-bond acceptors (Lipinski definition) is 3. The van der Waals surface area contributed by atoms with E-state index in [0.29, 0.717) is 31.6 Å². The number of halogens is 1. The van der Waals surface area contributed by atoms with Gasteiger partial charge in [-0.25, -0.2) is 4.39 Å². The molecule has 3 heterocycles. The van der Waals surface area contributed by atoms with Gasteiger partial charge in [-0.15, -0.1) is 0 Å². The molecule has 0 radical (unpaired) electrons. The van der Waals surface area contributed by atoms with Crippen LogP contribution in [-0.4, -0.2) is 52.3 Å². The van der Waals surface area contributed by atoms with Gasteiger partial charge in [-0.05, 0) is 47.9 Å². The van der Waals surface area contributed by atoms with Crippen LogP contribution >= 0.6 is 0 Å². The van der Waals surface area contributed by atoms with Crippen molar-refractivity contribution >= 4 is 11.8 Å². The summed E-state index contributed by atoms with van der Waals surface area (Å²) in [6.45, 7) is 1.78. The molecule has 2 saturated heterocycles. The van der Waals surface area contributed by atoms with E-state index in [4.69, 9.17) is 0 Å². The molecule has 0 spiro atoms. The molecule has 2 aliphatic heterocycles. The second kappa shape index (κ2) is 9.14. The Labute approximate surface area is 192 Å². The zero-order valence-corrected chi connectivity index (χ0v) is 18.3. The highest BCUT2D eigenvalue weighted by molar-refractivity contribution is 5.94. The van der Waals surface area contributed by atoms with Crippen molar-refractivity contribution in [1.82, 2.24) is 14.8 Å². The number of rotatable bonds is 4. The van der Waals surface area contributed by atoms with E-state index in [1.165, 1.54) is 12.1 Å². The molecule has 2 amide bonds. The number of amides is 2. The molecule has 6 heteroatoms. The van der Waals surface area contributed by atoms with Gasteiger partial charge in [0.1, 0.15) is 5.82 Å². The molecule has 0 bridgehead atoms. The van der Waals surface area contributed by atoms with Crippen molar-refractivity contribution in [1.29, 1.82) is 0 Å². The Morgan fingerprint density at radius 1 is 0.970 bits per heavy atom. The van der Waals surface area contributed by atoms with Crippen molar-refractivity contribution in [2.24, 2.45) is 5.92 Å². The van der Waals surface area contributed by atoms with Gasteiger partial charge >= 0.3 is 0 Å². The Morgan fingerprint density at radius 2 is 1.76 bits per heavy atom. The first-order chi connectivity index (χ1) is 16.1. The minimum Gasteiger partial charge on any atom is -0.342 e.